The van der Waals surface area contributed by atoms with Gasteiger partial charge in [0.1, 0.15) is 5.75 Å². The third-order valence-corrected chi connectivity index (χ3v) is 3.98. The lowest BCUT2D eigenvalue weighted by Gasteiger charge is -2.17. The van der Waals surface area contributed by atoms with Gasteiger partial charge in [0.25, 0.3) is 5.69 Å². The molecule has 2 aromatic rings. The Bertz CT molecular complexity index is 885. The molecule has 0 aliphatic heterocycles. The van der Waals surface area contributed by atoms with Gasteiger partial charge in [0.2, 0.25) is 0 Å². The number of hydrogen-bond donors (Lipinski definition) is 2. The third-order valence-electron chi connectivity index (χ3n) is 3.48. The van der Waals surface area contributed by atoms with Crippen LogP contribution in [0.1, 0.15) is 5.56 Å². The number of non-ortho nitro benzene ring substituents is 1. The summed E-state index contributed by atoms with van der Waals surface area (Å²) in [4.78, 5) is 10.2. The minimum absolute atomic E-state index is 0.0585. The first-order chi connectivity index (χ1) is 13.6. The third kappa shape index (κ3) is 7.02. The van der Waals surface area contributed by atoms with Gasteiger partial charge in [0.15, 0.2) is 11.7 Å². The van der Waals surface area contributed by atoms with Crippen LogP contribution in [0.4, 0.5) is 28.9 Å². The molecule has 29 heavy (non-hydrogen) atoms. The van der Waals surface area contributed by atoms with Gasteiger partial charge in [-0.1, -0.05) is 23.7 Å². The molecule has 0 unspecified atom stereocenters. The van der Waals surface area contributed by atoms with Crippen LogP contribution in [0.2, 0.25) is 5.02 Å². The van der Waals surface area contributed by atoms with Crippen LogP contribution in [0.3, 0.4) is 0 Å². The summed E-state index contributed by atoms with van der Waals surface area (Å²) in [6.07, 6.45) is -3.93. The number of rotatable bonds is 8. The van der Waals surface area contributed by atoms with Crippen LogP contribution in [-0.2, 0) is 6.54 Å². The van der Waals surface area contributed by atoms with Crippen LogP contribution in [0.5, 0.6) is 5.75 Å². The number of thiocarbonyl (C=S) groups is 1. The monoisotopic (exact) mass is 451 g/mol. The number of hydrogen-bond acceptors (Lipinski definition) is 4. The maximum atomic E-state index is 13.0. The lowest BCUT2D eigenvalue weighted by Crippen LogP contribution is -2.33. The predicted molar refractivity (Wildman–Crippen MR) is 104 cm³/mol. The van der Waals surface area contributed by atoms with Crippen LogP contribution in [0.25, 0.3) is 0 Å². The molecule has 0 aromatic heterocycles. The highest BCUT2D eigenvalue weighted by Gasteiger charge is 2.41. The fourth-order valence-electron chi connectivity index (χ4n) is 2.05. The number of nitrogens with one attached hydrogen (secondary N) is 2. The van der Waals surface area contributed by atoms with Gasteiger partial charge in [-0.2, -0.15) is 8.78 Å². The largest absolute Gasteiger partial charge is 0.487 e. The summed E-state index contributed by atoms with van der Waals surface area (Å²) in [7, 11) is 0. The minimum atomic E-state index is -4.40. The van der Waals surface area contributed by atoms with Crippen molar-refractivity contribution >= 4 is 40.3 Å². The van der Waals surface area contributed by atoms with Gasteiger partial charge in [-0.25, -0.2) is 8.78 Å². The number of halogens is 5. The molecular weight excluding hydrogens is 438 g/mol. The molecule has 0 radical (unpaired) electrons. The van der Waals surface area contributed by atoms with Crippen LogP contribution in [-0.4, -0.2) is 29.0 Å². The summed E-state index contributed by atoms with van der Waals surface area (Å²) in [5.74, 6) is -4.78. The Morgan fingerprint density at radius 2 is 1.90 bits per heavy atom. The molecule has 0 bridgehead atoms. The van der Waals surface area contributed by atoms with E-state index in [4.69, 9.17) is 23.8 Å². The molecule has 12 heteroatoms. The van der Waals surface area contributed by atoms with Gasteiger partial charge in [-0.05, 0) is 29.9 Å². The zero-order valence-corrected chi connectivity index (χ0v) is 16.1. The molecule has 156 valence electrons. The average molecular weight is 452 g/mol. The Hall–Kier alpha value is -2.66. The molecule has 0 saturated heterocycles. The highest BCUT2D eigenvalue weighted by molar-refractivity contribution is 7.80. The van der Waals surface area contributed by atoms with E-state index in [1.807, 2.05) is 0 Å². The topological polar surface area (TPSA) is 76.4 Å². The summed E-state index contributed by atoms with van der Waals surface area (Å²) in [5, 5.41) is 17.2. The van der Waals surface area contributed by atoms with Crippen molar-refractivity contribution in [2.75, 3.05) is 11.9 Å². The van der Waals surface area contributed by atoms with Crippen LogP contribution in [0.15, 0.2) is 42.5 Å². The molecule has 6 nitrogen and oxygen atoms in total. The lowest BCUT2D eigenvalue weighted by atomic mass is 10.2. The van der Waals surface area contributed by atoms with Crippen molar-refractivity contribution in [1.29, 1.82) is 0 Å². The number of alkyl halides is 4. The smallest absolute Gasteiger partial charge is 0.340 e. The van der Waals surface area contributed by atoms with Gasteiger partial charge in [0.05, 0.1) is 16.7 Å². The number of nitro groups is 1. The van der Waals surface area contributed by atoms with Crippen LogP contribution in [0, 0.1) is 10.1 Å². The van der Waals surface area contributed by atoms with E-state index in [1.54, 1.807) is 24.3 Å². The SMILES string of the molecule is O=[N+]([O-])c1cc(NC(=S)NCc2ccc(Cl)cc2)cc(OCC(F)(F)C(F)F)c1. The van der Waals surface area contributed by atoms with Crippen molar-refractivity contribution in [2.24, 2.45) is 0 Å². The van der Waals surface area contributed by atoms with E-state index in [0.717, 1.165) is 23.8 Å². The van der Waals surface area contributed by atoms with Crippen molar-refractivity contribution in [3.05, 3.63) is 63.2 Å². The van der Waals surface area contributed by atoms with Gasteiger partial charge in [-0.15, -0.1) is 0 Å². The maximum absolute atomic E-state index is 13.0. The Morgan fingerprint density at radius 3 is 2.48 bits per heavy atom. The first-order valence-electron chi connectivity index (χ1n) is 7.94. The molecule has 0 aliphatic carbocycles. The second-order valence-electron chi connectivity index (χ2n) is 5.76. The number of nitro benzene ring substituents is 1. The molecule has 0 amide bonds. The second-order valence-corrected chi connectivity index (χ2v) is 6.60. The molecule has 0 aliphatic rings. The van der Waals surface area contributed by atoms with Crippen molar-refractivity contribution in [3.8, 4) is 5.75 Å². The standard InChI is InChI=1S/C17H14ClF4N3O3S/c18-11-3-1-10(2-4-11)8-23-16(29)24-12-5-13(25(26)27)7-14(6-12)28-9-17(21,22)15(19)20/h1-7,15H,8-9H2,(H2,23,24,29). The minimum Gasteiger partial charge on any atom is -0.487 e. The fraction of sp³-hybridized carbons (Fsp3) is 0.235. The zero-order valence-electron chi connectivity index (χ0n) is 14.5. The summed E-state index contributed by atoms with van der Waals surface area (Å²) in [6.45, 7) is -1.31. The normalized spacial score (nSPS) is 11.2. The highest BCUT2D eigenvalue weighted by Crippen LogP contribution is 2.29. The van der Waals surface area contributed by atoms with E-state index in [-0.39, 0.29) is 16.5 Å². The average Bonchev–Trinajstić information content (AvgIpc) is 2.65. The summed E-state index contributed by atoms with van der Waals surface area (Å²) in [6, 6.07) is 9.97. The van der Waals surface area contributed by atoms with E-state index in [1.165, 1.54) is 0 Å². The summed E-state index contributed by atoms with van der Waals surface area (Å²) in [5.41, 5.74) is 0.421. The molecule has 0 spiro atoms. The Balaban J connectivity index is 2.06. The molecule has 2 rings (SSSR count). The Morgan fingerprint density at radius 1 is 1.24 bits per heavy atom. The summed E-state index contributed by atoms with van der Waals surface area (Å²) >= 11 is 10.9. The van der Waals surface area contributed by atoms with E-state index < -0.39 is 29.6 Å². The number of ether oxygens (including phenoxy) is 1. The predicted octanol–water partition coefficient (Wildman–Crippen LogP) is 5.01. The first kappa shape index (κ1) is 22.6. The van der Waals surface area contributed by atoms with Crippen LogP contribution < -0.4 is 15.4 Å². The zero-order chi connectivity index (χ0) is 21.6. The number of benzene rings is 2. The first-order valence-corrected chi connectivity index (χ1v) is 8.73. The number of nitrogens with zero attached hydrogens (tertiary/aromatic N) is 1. The van der Waals surface area contributed by atoms with E-state index in [0.29, 0.717) is 11.6 Å². The maximum Gasteiger partial charge on any atom is 0.340 e. The van der Waals surface area contributed by atoms with Crippen molar-refractivity contribution in [3.63, 3.8) is 0 Å². The molecule has 0 atom stereocenters. The van der Waals surface area contributed by atoms with Crippen molar-refractivity contribution in [1.82, 2.24) is 5.32 Å². The van der Waals surface area contributed by atoms with Gasteiger partial charge < -0.3 is 15.4 Å². The quantitative estimate of drug-likeness (QED) is 0.254. The van der Waals surface area contributed by atoms with E-state index in [2.05, 4.69) is 15.4 Å². The molecule has 0 saturated carbocycles. The molecule has 2 N–H and O–H groups in total. The second kappa shape index (κ2) is 9.70. The van der Waals surface area contributed by atoms with E-state index in [9.17, 15) is 27.7 Å². The fourth-order valence-corrected chi connectivity index (χ4v) is 2.36. The van der Waals surface area contributed by atoms with E-state index >= 15 is 0 Å². The Kier molecular flexibility index (Phi) is 7.57. The Labute approximate surface area is 173 Å². The molecule has 0 heterocycles. The van der Waals surface area contributed by atoms with Crippen molar-refractivity contribution < 1.29 is 27.2 Å². The lowest BCUT2D eigenvalue weighted by molar-refractivity contribution is -0.384. The van der Waals surface area contributed by atoms with Gasteiger partial charge in [-0.3, -0.25) is 10.1 Å². The van der Waals surface area contributed by atoms with Crippen LogP contribution >= 0.6 is 23.8 Å². The highest BCUT2D eigenvalue weighted by atomic mass is 35.5. The molecule has 2 aromatic carbocycles. The van der Waals surface area contributed by atoms with Crippen molar-refractivity contribution in [2.45, 2.75) is 18.9 Å². The van der Waals surface area contributed by atoms with Gasteiger partial charge >= 0.3 is 12.3 Å². The van der Waals surface area contributed by atoms with Gasteiger partial charge in [0, 0.05) is 23.7 Å². The summed E-state index contributed by atoms with van der Waals surface area (Å²) < 4.78 is 55.2. The molecule has 0 fully saturated rings. The number of anilines is 1. The molecular formula is C17H14ClF4N3O3S.